The third-order valence-corrected chi connectivity index (χ3v) is 2.98. The van der Waals surface area contributed by atoms with Gasteiger partial charge in [-0.15, -0.1) is 0 Å². The van der Waals surface area contributed by atoms with Crippen molar-refractivity contribution in [2.24, 2.45) is 0 Å². The van der Waals surface area contributed by atoms with Crippen LogP contribution in [-0.4, -0.2) is 20.3 Å². The molecule has 4 nitrogen and oxygen atoms in total. The Balaban J connectivity index is 2.41. The highest BCUT2D eigenvalue weighted by Gasteiger charge is 2.14. The second-order valence-electron chi connectivity index (χ2n) is 4.31. The smallest absolute Gasteiger partial charge is 0.135 e. The van der Waals surface area contributed by atoms with E-state index in [-0.39, 0.29) is 0 Å². The molecule has 1 aromatic heterocycles. The van der Waals surface area contributed by atoms with Crippen molar-refractivity contribution in [3.63, 3.8) is 0 Å². The summed E-state index contributed by atoms with van der Waals surface area (Å²) in [5.41, 5.74) is 1.98. The predicted octanol–water partition coefficient (Wildman–Crippen LogP) is 3.09. The number of hydrogen-bond acceptors (Lipinski definition) is 4. The monoisotopic (exact) mass is 263 g/mol. The fourth-order valence-electron chi connectivity index (χ4n) is 2.12. The summed E-state index contributed by atoms with van der Waals surface area (Å²) >= 11 is 0. The molecule has 0 fully saturated rings. The zero-order valence-corrected chi connectivity index (χ0v) is 11.8. The fraction of sp³-hybridized carbons (Fsp3) is 0.467. The van der Waals surface area contributed by atoms with Gasteiger partial charge >= 0.3 is 0 Å². The predicted molar refractivity (Wildman–Crippen MR) is 75.5 cm³/mol. The fourth-order valence-corrected chi connectivity index (χ4v) is 2.12. The van der Waals surface area contributed by atoms with E-state index in [1.165, 1.54) is 0 Å². The molecule has 1 aromatic carbocycles. The molecule has 104 valence electrons. The number of nitrogens with one attached hydrogen (secondary N) is 1. The standard InChI is InChI=1S/C15H21NO3/c1-4-16-9-15-13(10-17-3)12-8-11(18-5-2)6-7-14(12)19-15/h6-8,16H,4-5,9-10H2,1-3H3. The Hall–Kier alpha value is -1.52. The summed E-state index contributed by atoms with van der Waals surface area (Å²) in [5, 5.41) is 4.35. The average Bonchev–Trinajstić information content (AvgIpc) is 2.75. The maximum atomic E-state index is 5.89. The first kappa shape index (κ1) is 13.9. The number of benzene rings is 1. The first-order valence-corrected chi connectivity index (χ1v) is 6.66. The maximum Gasteiger partial charge on any atom is 0.135 e. The number of ether oxygens (including phenoxy) is 2. The van der Waals surface area contributed by atoms with Gasteiger partial charge in [0.2, 0.25) is 0 Å². The van der Waals surface area contributed by atoms with Crippen LogP contribution >= 0.6 is 0 Å². The Kier molecular flexibility index (Phi) is 4.82. The molecule has 0 aliphatic carbocycles. The van der Waals surface area contributed by atoms with Crippen LogP contribution in [-0.2, 0) is 17.9 Å². The van der Waals surface area contributed by atoms with E-state index >= 15 is 0 Å². The molecule has 2 aromatic rings. The Labute approximate surface area is 113 Å². The normalized spacial score (nSPS) is 11.1. The molecule has 4 heteroatoms. The zero-order valence-electron chi connectivity index (χ0n) is 11.8. The molecule has 0 bridgehead atoms. The van der Waals surface area contributed by atoms with E-state index in [4.69, 9.17) is 13.9 Å². The maximum absolute atomic E-state index is 5.89. The zero-order chi connectivity index (χ0) is 13.7. The number of fused-ring (bicyclic) bond motifs is 1. The molecule has 0 saturated carbocycles. The van der Waals surface area contributed by atoms with E-state index in [9.17, 15) is 0 Å². The minimum Gasteiger partial charge on any atom is -0.494 e. The summed E-state index contributed by atoms with van der Waals surface area (Å²) in [5.74, 6) is 1.80. The average molecular weight is 263 g/mol. The molecule has 0 amide bonds. The molecule has 0 saturated heterocycles. The number of methoxy groups -OCH3 is 1. The first-order valence-electron chi connectivity index (χ1n) is 6.66. The minimum atomic E-state index is 0.545. The molecule has 1 heterocycles. The topological polar surface area (TPSA) is 43.6 Å². The van der Waals surface area contributed by atoms with Crippen molar-refractivity contribution in [3.05, 3.63) is 29.5 Å². The molecular formula is C15H21NO3. The van der Waals surface area contributed by atoms with Gasteiger partial charge in [0.1, 0.15) is 17.1 Å². The number of rotatable bonds is 7. The van der Waals surface area contributed by atoms with Crippen LogP contribution in [0.1, 0.15) is 25.2 Å². The van der Waals surface area contributed by atoms with Crippen molar-refractivity contribution < 1.29 is 13.9 Å². The van der Waals surface area contributed by atoms with Crippen molar-refractivity contribution in [3.8, 4) is 5.75 Å². The van der Waals surface area contributed by atoms with Gasteiger partial charge in [0.25, 0.3) is 0 Å². The van der Waals surface area contributed by atoms with Gasteiger partial charge in [0.05, 0.1) is 19.8 Å². The molecule has 0 unspecified atom stereocenters. The first-order chi connectivity index (χ1) is 9.30. The Morgan fingerprint density at radius 2 is 2.11 bits per heavy atom. The number of hydrogen-bond donors (Lipinski definition) is 1. The minimum absolute atomic E-state index is 0.545. The van der Waals surface area contributed by atoms with E-state index in [0.29, 0.717) is 19.8 Å². The summed E-state index contributed by atoms with van der Waals surface area (Å²) in [4.78, 5) is 0. The van der Waals surface area contributed by atoms with Gasteiger partial charge in [-0.1, -0.05) is 6.92 Å². The SMILES string of the molecule is CCNCc1oc2ccc(OCC)cc2c1COC. The highest BCUT2D eigenvalue weighted by Crippen LogP contribution is 2.30. The van der Waals surface area contributed by atoms with Gasteiger partial charge in [-0.3, -0.25) is 0 Å². The molecule has 19 heavy (non-hydrogen) atoms. The lowest BCUT2D eigenvalue weighted by molar-refractivity contribution is 0.183. The largest absolute Gasteiger partial charge is 0.494 e. The van der Waals surface area contributed by atoms with Crippen molar-refractivity contribution in [1.82, 2.24) is 5.32 Å². The van der Waals surface area contributed by atoms with Crippen LogP contribution < -0.4 is 10.1 Å². The molecule has 2 rings (SSSR count). The van der Waals surface area contributed by atoms with E-state index in [1.54, 1.807) is 7.11 Å². The van der Waals surface area contributed by atoms with Crippen molar-refractivity contribution >= 4 is 11.0 Å². The van der Waals surface area contributed by atoms with Gasteiger partial charge in [-0.25, -0.2) is 0 Å². The second-order valence-corrected chi connectivity index (χ2v) is 4.31. The Bertz CT molecular complexity index is 533. The van der Waals surface area contributed by atoms with Gasteiger partial charge in [0, 0.05) is 18.1 Å². The second kappa shape index (κ2) is 6.59. The molecule has 1 N–H and O–H groups in total. The van der Waals surface area contributed by atoms with Crippen LogP contribution in [0.25, 0.3) is 11.0 Å². The molecule has 0 radical (unpaired) electrons. The Morgan fingerprint density at radius 3 is 2.79 bits per heavy atom. The van der Waals surface area contributed by atoms with Crippen molar-refractivity contribution in [2.45, 2.75) is 27.0 Å². The van der Waals surface area contributed by atoms with Crippen LogP contribution in [0, 0.1) is 0 Å². The quantitative estimate of drug-likeness (QED) is 0.833. The van der Waals surface area contributed by atoms with Crippen LogP contribution in [0.3, 0.4) is 0 Å². The summed E-state index contributed by atoms with van der Waals surface area (Å²) in [7, 11) is 1.70. The van der Waals surface area contributed by atoms with Crippen LogP contribution in [0.15, 0.2) is 22.6 Å². The van der Waals surface area contributed by atoms with Crippen molar-refractivity contribution in [2.75, 3.05) is 20.3 Å². The highest BCUT2D eigenvalue weighted by atomic mass is 16.5. The van der Waals surface area contributed by atoms with Crippen LogP contribution in [0.2, 0.25) is 0 Å². The summed E-state index contributed by atoms with van der Waals surface area (Å²) in [6, 6.07) is 5.91. The summed E-state index contributed by atoms with van der Waals surface area (Å²) in [6.45, 7) is 6.89. The molecule has 0 aliphatic rings. The van der Waals surface area contributed by atoms with Gasteiger partial charge < -0.3 is 19.2 Å². The molecule has 0 spiro atoms. The van der Waals surface area contributed by atoms with E-state index in [0.717, 1.165) is 34.6 Å². The van der Waals surface area contributed by atoms with Gasteiger partial charge in [-0.05, 0) is 31.7 Å². The van der Waals surface area contributed by atoms with E-state index in [2.05, 4.69) is 12.2 Å². The summed E-state index contributed by atoms with van der Waals surface area (Å²) < 4.78 is 16.7. The van der Waals surface area contributed by atoms with Gasteiger partial charge in [0.15, 0.2) is 0 Å². The van der Waals surface area contributed by atoms with Crippen LogP contribution in [0.5, 0.6) is 5.75 Å². The highest BCUT2D eigenvalue weighted by molar-refractivity contribution is 5.83. The molecule has 0 atom stereocenters. The Morgan fingerprint density at radius 1 is 1.26 bits per heavy atom. The summed E-state index contributed by atoms with van der Waals surface area (Å²) in [6.07, 6.45) is 0. The number of furan rings is 1. The third-order valence-electron chi connectivity index (χ3n) is 2.98. The lowest BCUT2D eigenvalue weighted by Crippen LogP contribution is -2.12. The lowest BCUT2D eigenvalue weighted by atomic mass is 10.1. The van der Waals surface area contributed by atoms with E-state index in [1.807, 2.05) is 25.1 Å². The molecular weight excluding hydrogens is 242 g/mol. The third kappa shape index (κ3) is 3.08. The molecule has 0 aliphatic heterocycles. The van der Waals surface area contributed by atoms with Crippen molar-refractivity contribution in [1.29, 1.82) is 0 Å². The lowest BCUT2D eigenvalue weighted by Gasteiger charge is -2.04. The van der Waals surface area contributed by atoms with E-state index < -0.39 is 0 Å². The van der Waals surface area contributed by atoms with Crippen LogP contribution in [0.4, 0.5) is 0 Å². The van der Waals surface area contributed by atoms with Gasteiger partial charge in [-0.2, -0.15) is 0 Å².